The molecule has 0 spiro atoms. The Kier molecular flexibility index (Phi) is 6.68. The number of rotatable bonds is 6. The van der Waals surface area contributed by atoms with E-state index in [-0.39, 0.29) is 18.8 Å². The fourth-order valence-electron chi connectivity index (χ4n) is 2.71. The molecular formula is C16H18BIN4O5. The van der Waals surface area contributed by atoms with Crippen molar-refractivity contribution in [3.05, 3.63) is 24.3 Å². The van der Waals surface area contributed by atoms with Crippen molar-refractivity contribution in [2.24, 2.45) is 5.92 Å². The van der Waals surface area contributed by atoms with Crippen molar-refractivity contribution >= 4 is 65.9 Å². The third-order valence-electron chi connectivity index (χ3n) is 4.29. The van der Waals surface area contributed by atoms with Crippen LogP contribution in [0.15, 0.2) is 24.3 Å². The van der Waals surface area contributed by atoms with Gasteiger partial charge in [-0.15, -0.1) is 0 Å². The van der Waals surface area contributed by atoms with Crippen molar-refractivity contribution in [3.63, 3.8) is 0 Å². The van der Waals surface area contributed by atoms with Crippen LogP contribution in [0.2, 0.25) is 0 Å². The van der Waals surface area contributed by atoms with Crippen LogP contribution in [0.25, 0.3) is 0 Å². The zero-order chi connectivity index (χ0) is 20.2. The van der Waals surface area contributed by atoms with Gasteiger partial charge in [-0.3, -0.25) is 9.59 Å². The maximum atomic E-state index is 12.8. The summed E-state index contributed by atoms with van der Waals surface area (Å²) in [5.74, 6) is -1.47. The summed E-state index contributed by atoms with van der Waals surface area (Å²) in [6.07, 6.45) is -0.00650. The van der Waals surface area contributed by atoms with E-state index in [1.165, 1.54) is 23.0 Å². The Labute approximate surface area is 171 Å². The number of nitrogens with zero attached hydrogens (tertiary/aromatic N) is 1. The molecule has 5 amide bonds. The molecular weight excluding hydrogens is 466 g/mol. The van der Waals surface area contributed by atoms with Crippen LogP contribution in [0, 0.1) is 5.92 Å². The smallest absolute Gasteiger partial charge is 0.344 e. The predicted octanol–water partition coefficient (Wildman–Crippen LogP) is 1.14. The van der Waals surface area contributed by atoms with Crippen molar-refractivity contribution in [1.82, 2.24) is 15.8 Å². The van der Waals surface area contributed by atoms with Gasteiger partial charge in [0.1, 0.15) is 13.4 Å². The number of carbonyl (C=O) groups excluding carboxylic acids is 4. The van der Waals surface area contributed by atoms with Gasteiger partial charge in [-0.05, 0) is 24.5 Å². The molecule has 1 heterocycles. The Morgan fingerprint density at radius 3 is 2.48 bits per heavy atom. The van der Waals surface area contributed by atoms with Gasteiger partial charge in [0.05, 0.1) is 0 Å². The standard InChI is InChI=1S/C16H18BIN4O5/c1-9(2)16(8-7-12(23)27-18)13(24)22(15(26)20-16)21-14(25)19-11-5-3-10(17)4-6-11/h3-6,9H,7-8H2,1-2H3,(H,20,26)(H2,19,21,25). The second-order valence-corrected chi connectivity index (χ2v) is 6.77. The summed E-state index contributed by atoms with van der Waals surface area (Å²) in [5.41, 5.74) is 1.88. The molecule has 0 saturated carbocycles. The first-order valence-electron chi connectivity index (χ1n) is 8.11. The monoisotopic (exact) mass is 484 g/mol. The maximum absolute atomic E-state index is 12.8. The summed E-state index contributed by atoms with van der Waals surface area (Å²) in [6.45, 7) is 3.48. The van der Waals surface area contributed by atoms with E-state index in [0.29, 0.717) is 16.2 Å². The number of imide groups is 1. The van der Waals surface area contributed by atoms with Crippen LogP contribution in [-0.4, -0.2) is 42.3 Å². The summed E-state index contributed by atoms with van der Waals surface area (Å²) < 4.78 is 4.57. The van der Waals surface area contributed by atoms with Crippen LogP contribution in [0.4, 0.5) is 15.3 Å². The van der Waals surface area contributed by atoms with E-state index < -0.39 is 29.5 Å². The van der Waals surface area contributed by atoms with Gasteiger partial charge in [0, 0.05) is 12.1 Å². The van der Waals surface area contributed by atoms with Gasteiger partial charge in [0.25, 0.3) is 5.91 Å². The molecule has 3 N–H and O–H groups in total. The molecule has 0 bridgehead atoms. The Morgan fingerprint density at radius 2 is 1.93 bits per heavy atom. The molecule has 2 radical (unpaired) electrons. The van der Waals surface area contributed by atoms with Crippen molar-refractivity contribution < 1.29 is 22.2 Å². The molecule has 1 aliphatic rings. The highest BCUT2D eigenvalue weighted by molar-refractivity contribution is 14.1. The largest absolute Gasteiger partial charge is 0.394 e. The minimum Gasteiger partial charge on any atom is -0.394 e. The number of hydrogen-bond donors (Lipinski definition) is 3. The van der Waals surface area contributed by atoms with E-state index in [9.17, 15) is 19.2 Å². The number of urea groups is 2. The van der Waals surface area contributed by atoms with E-state index >= 15 is 0 Å². The topological polar surface area (TPSA) is 117 Å². The number of nitrogens with one attached hydrogen (secondary N) is 3. The number of carbonyl (C=O) groups is 4. The summed E-state index contributed by atoms with van der Waals surface area (Å²) in [4.78, 5) is 48.7. The molecule has 0 aromatic heterocycles. The highest BCUT2D eigenvalue weighted by Crippen LogP contribution is 2.30. The fourth-order valence-corrected chi connectivity index (χ4v) is 2.93. The average Bonchev–Trinajstić information content (AvgIpc) is 2.87. The first-order chi connectivity index (χ1) is 12.7. The molecule has 1 fully saturated rings. The van der Waals surface area contributed by atoms with E-state index in [2.05, 4.69) is 19.1 Å². The molecule has 9 nitrogen and oxygen atoms in total. The van der Waals surface area contributed by atoms with Gasteiger partial charge in [0.15, 0.2) is 23.0 Å². The number of anilines is 1. The molecule has 142 valence electrons. The molecule has 11 heteroatoms. The molecule has 1 atom stereocenters. The zero-order valence-electron chi connectivity index (χ0n) is 14.7. The normalized spacial score (nSPS) is 19.0. The number of benzene rings is 1. The van der Waals surface area contributed by atoms with Gasteiger partial charge in [-0.1, -0.05) is 31.4 Å². The molecule has 1 saturated heterocycles. The molecule has 1 aliphatic heterocycles. The summed E-state index contributed by atoms with van der Waals surface area (Å²) in [5, 5.41) is 5.70. The van der Waals surface area contributed by atoms with Crippen LogP contribution in [0.1, 0.15) is 26.7 Å². The van der Waals surface area contributed by atoms with Crippen molar-refractivity contribution in [2.45, 2.75) is 32.2 Å². The predicted molar refractivity (Wildman–Crippen MR) is 106 cm³/mol. The lowest BCUT2D eigenvalue weighted by Gasteiger charge is -2.30. The Morgan fingerprint density at radius 1 is 1.30 bits per heavy atom. The Hall–Kier alpha value is -2.31. The van der Waals surface area contributed by atoms with Crippen molar-refractivity contribution in [2.75, 3.05) is 5.32 Å². The number of hydrogen-bond acceptors (Lipinski definition) is 5. The molecule has 1 aromatic carbocycles. The first-order valence-corrected chi connectivity index (χ1v) is 8.99. The number of halogens is 1. The van der Waals surface area contributed by atoms with Crippen molar-refractivity contribution in [3.8, 4) is 0 Å². The van der Waals surface area contributed by atoms with E-state index in [1.54, 1.807) is 38.1 Å². The molecule has 0 aliphatic carbocycles. The van der Waals surface area contributed by atoms with Gasteiger partial charge in [-0.2, -0.15) is 5.01 Å². The SMILES string of the molecule is [B]c1ccc(NC(=O)NN2C(=O)NC(CCC(=O)OI)(C(C)C)C2=O)cc1. The van der Waals surface area contributed by atoms with Gasteiger partial charge < -0.3 is 13.7 Å². The first kappa shape index (κ1) is 21.0. The van der Waals surface area contributed by atoms with Crippen molar-refractivity contribution in [1.29, 1.82) is 0 Å². The quantitative estimate of drug-likeness (QED) is 0.318. The van der Waals surface area contributed by atoms with Gasteiger partial charge in [-0.25, -0.2) is 15.0 Å². The number of hydrazine groups is 1. The lowest BCUT2D eigenvalue weighted by Crippen LogP contribution is -2.53. The lowest BCUT2D eigenvalue weighted by atomic mass is 9.82. The van der Waals surface area contributed by atoms with Crippen LogP contribution >= 0.6 is 23.0 Å². The van der Waals surface area contributed by atoms with E-state index in [0.717, 1.165) is 0 Å². The van der Waals surface area contributed by atoms with Crippen LogP contribution in [0.5, 0.6) is 0 Å². The minimum absolute atomic E-state index is 0.0504. The van der Waals surface area contributed by atoms with E-state index in [4.69, 9.17) is 7.85 Å². The average molecular weight is 484 g/mol. The van der Waals surface area contributed by atoms with Gasteiger partial charge in [0.2, 0.25) is 0 Å². The molecule has 1 unspecified atom stereocenters. The third-order valence-corrected chi connectivity index (χ3v) is 4.79. The van der Waals surface area contributed by atoms with Crippen LogP contribution in [0.3, 0.4) is 0 Å². The Bertz CT molecular complexity index is 758. The molecule has 2 rings (SSSR count). The highest BCUT2D eigenvalue weighted by atomic mass is 127. The van der Waals surface area contributed by atoms with Crippen LogP contribution < -0.4 is 21.5 Å². The fraction of sp³-hybridized carbons (Fsp3) is 0.375. The summed E-state index contributed by atoms with van der Waals surface area (Å²) in [7, 11) is 5.58. The van der Waals surface area contributed by atoms with Gasteiger partial charge >= 0.3 is 18.0 Å². The molecule has 1 aromatic rings. The maximum Gasteiger partial charge on any atom is 0.344 e. The van der Waals surface area contributed by atoms with E-state index in [1.807, 2.05) is 0 Å². The molecule has 27 heavy (non-hydrogen) atoms. The zero-order valence-corrected chi connectivity index (χ0v) is 16.9. The lowest BCUT2D eigenvalue weighted by molar-refractivity contribution is -0.136. The van der Waals surface area contributed by atoms with Crippen LogP contribution in [-0.2, 0) is 12.7 Å². The highest BCUT2D eigenvalue weighted by Gasteiger charge is 2.54. The third kappa shape index (κ3) is 4.70. The summed E-state index contributed by atoms with van der Waals surface area (Å²) >= 11 is 1.46. The second-order valence-electron chi connectivity index (χ2n) is 6.33. The summed E-state index contributed by atoms with van der Waals surface area (Å²) in [6, 6.07) is 4.81. The minimum atomic E-state index is -1.31. The Balaban J connectivity index is 2.09. The number of amides is 5. The second kappa shape index (κ2) is 8.59.